The van der Waals surface area contributed by atoms with Gasteiger partial charge in [-0.1, -0.05) is 24.3 Å². The summed E-state index contributed by atoms with van der Waals surface area (Å²) in [6.45, 7) is 0. The van der Waals surface area contributed by atoms with Gasteiger partial charge in [0.1, 0.15) is 0 Å². The fourth-order valence-electron chi connectivity index (χ4n) is 2.38. The Hall–Kier alpha value is -1.62. The van der Waals surface area contributed by atoms with Gasteiger partial charge in [-0.3, -0.25) is 0 Å². The second-order valence-corrected chi connectivity index (χ2v) is 7.00. The molecule has 1 N–H and O–H groups in total. The monoisotopic (exact) mass is 315 g/mol. The standard InChI is InChI=1S/C17H17NOS2/c1-18(2)14-9-7-13(8-10-14)17(19,15-5-3-11-20-15)16-6-4-12-21-16/h3-12,19H,1-2H3. The van der Waals surface area contributed by atoms with E-state index in [4.69, 9.17) is 0 Å². The van der Waals surface area contributed by atoms with Gasteiger partial charge in [0.15, 0.2) is 5.60 Å². The van der Waals surface area contributed by atoms with E-state index in [1.165, 1.54) is 0 Å². The average molecular weight is 315 g/mol. The van der Waals surface area contributed by atoms with Gasteiger partial charge in [-0.15, -0.1) is 22.7 Å². The lowest BCUT2D eigenvalue weighted by Crippen LogP contribution is -2.26. The highest BCUT2D eigenvalue weighted by Gasteiger charge is 2.35. The van der Waals surface area contributed by atoms with Crippen LogP contribution in [0.3, 0.4) is 0 Å². The van der Waals surface area contributed by atoms with Crippen LogP contribution < -0.4 is 4.90 Å². The van der Waals surface area contributed by atoms with E-state index >= 15 is 0 Å². The second-order valence-electron chi connectivity index (χ2n) is 5.11. The Bertz CT molecular complexity index is 651. The Morgan fingerprint density at radius 3 is 1.76 bits per heavy atom. The number of nitrogens with zero attached hydrogens (tertiary/aromatic N) is 1. The number of rotatable bonds is 4. The first kappa shape index (κ1) is 14.3. The zero-order chi connectivity index (χ0) is 14.9. The van der Waals surface area contributed by atoms with Crippen LogP contribution in [0.25, 0.3) is 0 Å². The summed E-state index contributed by atoms with van der Waals surface area (Å²) in [5, 5.41) is 15.4. The van der Waals surface area contributed by atoms with Gasteiger partial charge in [0.05, 0.1) is 0 Å². The molecule has 0 amide bonds. The van der Waals surface area contributed by atoms with E-state index in [1.54, 1.807) is 22.7 Å². The quantitative estimate of drug-likeness (QED) is 0.781. The molecule has 3 aromatic rings. The van der Waals surface area contributed by atoms with E-state index in [9.17, 15) is 5.11 Å². The Morgan fingerprint density at radius 2 is 1.38 bits per heavy atom. The number of aliphatic hydroxyl groups is 1. The molecule has 0 saturated carbocycles. The molecule has 3 rings (SSSR count). The largest absolute Gasteiger partial charge is 0.378 e. The molecular weight excluding hydrogens is 298 g/mol. The minimum Gasteiger partial charge on any atom is -0.378 e. The van der Waals surface area contributed by atoms with Crippen molar-refractivity contribution in [3.8, 4) is 0 Å². The predicted octanol–water partition coefficient (Wildman–Crippen LogP) is 4.16. The molecule has 0 atom stereocenters. The average Bonchev–Trinajstić information content (AvgIpc) is 3.20. The van der Waals surface area contributed by atoms with Crippen LogP contribution in [0.2, 0.25) is 0 Å². The minimum atomic E-state index is -1.06. The lowest BCUT2D eigenvalue weighted by atomic mass is 9.90. The molecule has 108 valence electrons. The second kappa shape index (κ2) is 5.64. The summed E-state index contributed by atoms with van der Waals surface area (Å²) in [7, 11) is 4.03. The maximum absolute atomic E-state index is 11.4. The van der Waals surface area contributed by atoms with Crippen LogP contribution in [0, 0.1) is 0 Å². The third kappa shape index (κ3) is 2.50. The molecular formula is C17H17NOS2. The summed E-state index contributed by atoms with van der Waals surface area (Å²) in [6, 6.07) is 16.0. The summed E-state index contributed by atoms with van der Waals surface area (Å²) in [6.07, 6.45) is 0. The van der Waals surface area contributed by atoms with Gasteiger partial charge in [-0.05, 0) is 40.6 Å². The van der Waals surface area contributed by atoms with E-state index in [0.717, 1.165) is 21.0 Å². The van der Waals surface area contributed by atoms with E-state index in [1.807, 2.05) is 73.4 Å². The van der Waals surface area contributed by atoms with Gasteiger partial charge < -0.3 is 10.0 Å². The molecule has 0 aliphatic carbocycles. The zero-order valence-electron chi connectivity index (χ0n) is 12.0. The molecule has 0 bridgehead atoms. The van der Waals surface area contributed by atoms with E-state index in [-0.39, 0.29) is 0 Å². The Kier molecular flexibility index (Phi) is 3.85. The number of benzene rings is 1. The SMILES string of the molecule is CN(C)c1ccc(C(O)(c2cccs2)c2cccs2)cc1. The molecule has 1 aromatic carbocycles. The number of hydrogen-bond acceptors (Lipinski definition) is 4. The molecule has 0 aliphatic heterocycles. The van der Waals surface area contributed by atoms with Crippen molar-refractivity contribution >= 4 is 28.4 Å². The van der Waals surface area contributed by atoms with Crippen molar-refractivity contribution < 1.29 is 5.11 Å². The van der Waals surface area contributed by atoms with E-state index in [2.05, 4.69) is 4.90 Å². The number of hydrogen-bond donors (Lipinski definition) is 1. The molecule has 0 radical (unpaired) electrons. The van der Waals surface area contributed by atoms with Crippen LogP contribution in [-0.2, 0) is 5.60 Å². The summed E-state index contributed by atoms with van der Waals surface area (Å²) in [5.41, 5.74) is 0.962. The highest BCUT2D eigenvalue weighted by molar-refractivity contribution is 7.11. The van der Waals surface area contributed by atoms with Crippen LogP contribution in [-0.4, -0.2) is 19.2 Å². The maximum atomic E-state index is 11.4. The summed E-state index contributed by atoms with van der Waals surface area (Å²) in [5.74, 6) is 0. The first-order chi connectivity index (χ1) is 10.1. The van der Waals surface area contributed by atoms with Gasteiger partial charge in [0, 0.05) is 29.5 Å². The van der Waals surface area contributed by atoms with Crippen LogP contribution >= 0.6 is 22.7 Å². The van der Waals surface area contributed by atoms with Gasteiger partial charge >= 0.3 is 0 Å². The maximum Gasteiger partial charge on any atom is 0.158 e. The normalized spacial score (nSPS) is 11.6. The molecule has 2 aromatic heterocycles. The summed E-state index contributed by atoms with van der Waals surface area (Å²) < 4.78 is 0. The minimum absolute atomic E-state index is 0.901. The molecule has 4 heteroatoms. The lowest BCUT2D eigenvalue weighted by Gasteiger charge is -2.27. The van der Waals surface area contributed by atoms with Crippen molar-refractivity contribution in [2.24, 2.45) is 0 Å². The molecule has 0 spiro atoms. The Balaban J connectivity index is 2.12. The first-order valence-electron chi connectivity index (χ1n) is 6.70. The Morgan fingerprint density at radius 1 is 0.857 bits per heavy atom. The molecule has 2 heterocycles. The smallest absolute Gasteiger partial charge is 0.158 e. The molecule has 0 fully saturated rings. The molecule has 0 aliphatic rings. The fraction of sp³-hybridized carbons (Fsp3) is 0.176. The highest BCUT2D eigenvalue weighted by atomic mass is 32.1. The molecule has 0 saturated heterocycles. The molecule has 0 unspecified atom stereocenters. The van der Waals surface area contributed by atoms with Gasteiger partial charge in [0.25, 0.3) is 0 Å². The third-order valence-electron chi connectivity index (χ3n) is 3.56. The highest BCUT2D eigenvalue weighted by Crippen LogP contribution is 2.41. The van der Waals surface area contributed by atoms with Crippen molar-refractivity contribution in [3.63, 3.8) is 0 Å². The lowest BCUT2D eigenvalue weighted by molar-refractivity contribution is 0.133. The number of anilines is 1. The topological polar surface area (TPSA) is 23.5 Å². The first-order valence-corrected chi connectivity index (χ1v) is 8.46. The van der Waals surface area contributed by atoms with Gasteiger partial charge in [-0.2, -0.15) is 0 Å². The molecule has 21 heavy (non-hydrogen) atoms. The van der Waals surface area contributed by atoms with E-state index in [0.29, 0.717) is 0 Å². The van der Waals surface area contributed by atoms with Gasteiger partial charge in [-0.25, -0.2) is 0 Å². The predicted molar refractivity (Wildman–Crippen MR) is 91.5 cm³/mol. The van der Waals surface area contributed by atoms with Crippen molar-refractivity contribution in [2.45, 2.75) is 5.60 Å². The van der Waals surface area contributed by atoms with Crippen molar-refractivity contribution in [3.05, 3.63) is 74.6 Å². The Labute approximate surface area is 132 Å². The van der Waals surface area contributed by atoms with Crippen molar-refractivity contribution in [2.75, 3.05) is 19.0 Å². The van der Waals surface area contributed by atoms with Crippen molar-refractivity contribution in [1.29, 1.82) is 0 Å². The van der Waals surface area contributed by atoms with Crippen LogP contribution in [0.5, 0.6) is 0 Å². The summed E-state index contributed by atoms with van der Waals surface area (Å²) >= 11 is 3.16. The number of thiophene rings is 2. The zero-order valence-corrected chi connectivity index (χ0v) is 13.6. The van der Waals surface area contributed by atoms with Crippen molar-refractivity contribution in [1.82, 2.24) is 0 Å². The van der Waals surface area contributed by atoms with Gasteiger partial charge in [0.2, 0.25) is 0 Å². The third-order valence-corrected chi connectivity index (χ3v) is 5.51. The van der Waals surface area contributed by atoms with E-state index < -0.39 is 5.60 Å². The summed E-state index contributed by atoms with van der Waals surface area (Å²) in [4.78, 5) is 3.95. The fourth-order valence-corrected chi connectivity index (χ4v) is 4.16. The van der Waals surface area contributed by atoms with Crippen LogP contribution in [0.4, 0.5) is 5.69 Å². The van der Waals surface area contributed by atoms with Crippen LogP contribution in [0.15, 0.2) is 59.3 Å². The van der Waals surface area contributed by atoms with Crippen LogP contribution in [0.1, 0.15) is 15.3 Å². The molecule has 2 nitrogen and oxygen atoms in total.